The van der Waals surface area contributed by atoms with Gasteiger partial charge in [-0.15, -0.1) is 0 Å². The molecule has 1 heterocycles. The molecule has 1 aromatic carbocycles. The summed E-state index contributed by atoms with van der Waals surface area (Å²) in [5, 5.41) is 0. The maximum atomic E-state index is 12.6. The summed E-state index contributed by atoms with van der Waals surface area (Å²) in [7, 11) is 3.32. The number of nitrogens with zero attached hydrogens (tertiary/aromatic N) is 1. The van der Waals surface area contributed by atoms with Crippen LogP contribution in [0.4, 0.5) is 4.79 Å². The van der Waals surface area contributed by atoms with Crippen LogP contribution >= 0.6 is 0 Å². The quantitative estimate of drug-likeness (QED) is 0.312. The fraction of sp³-hybridized carbons (Fsp3) is 0.704. The SMILES string of the molecule is COCCCOc1cc(C[C@@H](C[C@@H]2CN(C(=O)OC(C)(C)C)C[C@H]2C=O)C(C)C)ccc1OC. The van der Waals surface area contributed by atoms with Crippen molar-refractivity contribution in [2.24, 2.45) is 23.7 Å². The van der Waals surface area contributed by atoms with Crippen molar-refractivity contribution < 1.29 is 28.5 Å². The van der Waals surface area contributed by atoms with E-state index in [4.69, 9.17) is 18.9 Å². The van der Waals surface area contributed by atoms with E-state index in [0.717, 1.165) is 31.3 Å². The second-order valence-electron chi connectivity index (χ2n) is 10.6. The zero-order chi connectivity index (χ0) is 25.3. The van der Waals surface area contributed by atoms with E-state index in [-0.39, 0.29) is 17.9 Å². The molecule has 1 aromatic rings. The number of benzene rings is 1. The lowest BCUT2D eigenvalue weighted by Crippen LogP contribution is -2.35. The zero-order valence-electron chi connectivity index (χ0n) is 22.0. The van der Waals surface area contributed by atoms with E-state index < -0.39 is 5.60 Å². The van der Waals surface area contributed by atoms with Crippen molar-refractivity contribution in [3.63, 3.8) is 0 Å². The normalized spacial score (nSPS) is 19.2. The van der Waals surface area contributed by atoms with Gasteiger partial charge >= 0.3 is 6.09 Å². The molecule has 1 saturated heterocycles. The average molecular weight is 478 g/mol. The third kappa shape index (κ3) is 8.49. The summed E-state index contributed by atoms with van der Waals surface area (Å²) in [6, 6.07) is 6.08. The summed E-state index contributed by atoms with van der Waals surface area (Å²) >= 11 is 0. The Morgan fingerprint density at radius 2 is 1.88 bits per heavy atom. The summed E-state index contributed by atoms with van der Waals surface area (Å²) in [5.74, 6) is 2.20. The average Bonchev–Trinajstić information content (AvgIpc) is 3.18. The van der Waals surface area contributed by atoms with Crippen molar-refractivity contribution in [3.8, 4) is 11.5 Å². The first-order valence-electron chi connectivity index (χ1n) is 12.3. The molecule has 3 atom stereocenters. The van der Waals surface area contributed by atoms with Crippen LogP contribution in [-0.4, -0.2) is 63.4 Å². The number of carbonyl (C=O) groups excluding carboxylic acids is 2. The van der Waals surface area contributed by atoms with Crippen LogP contribution in [0.3, 0.4) is 0 Å². The lowest BCUT2D eigenvalue weighted by atomic mass is 9.79. The molecular weight excluding hydrogens is 434 g/mol. The molecule has 7 heteroatoms. The van der Waals surface area contributed by atoms with Gasteiger partial charge in [-0.05, 0) is 69.1 Å². The van der Waals surface area contributed by atoms with Gasteiger partial charge in [0, 0.05) is 39.1 Å². The van der Waals surface area contributed by atoms with Crippen LogP contribution in [0.15, 0.2) is 18.2 Å². The molecule has 0 saturated carbocycles. The molecule has 1 amide bonds. The summed E-state index contributed by atoms with van der Waals surface area (Å²) < 4.78 is 22.1. The van der Waals surface area contributed by atoms with Gasteiger partial charge in [0.2, 0.25) is 0 Å². The van der Waals surface area contributed by atoms with Gasteiger partial charge in [-0.1, -0.05) is 19.9 Å². The van der Waals surface area contributed by atoms with Crippen molar-refractivity contribution in [1.29, 1.82) is 0 Å². The molecule has 0 radical (unpaired) electrons. The van der Waals surface area contributed by atoms with E-state index in [9.17, 15) is 9.59 Å². The van der Waals surface area contributed by atoms with Crippen molar-refractivity contribution in [2.75, 3.05) is 40.5 Å². The van der Waals surface area contributed by atoms with Crippen LogP contribution in [0.25, 0.3) is 0 Å². The first-order chi connectivity index (χ1) is 16.1. The summed E-state index contributed by atoms with van der Waals surface area (Å²) in [6.07, 6.45) is 3.21. The van der Waals surface area contributed by atoms with E-state index >= 15 is 0 Å². The number of likely N-dealkylation sites (tertiary alicyclic amines) is 1. The van der Waals surface area contributed by atoms with Gasteiger partial charge in [0.05, 0.1) is 13.7 Å². The van der Waals surface area contributed by atoms with Crippen molar-refractivity contribution in [1.82, 2.24) is 4.90 Å². The summed E-state index contributed by atoms with van der Waals surface area (Å²) in [6.45, 7) is 12.2. The maximum absolute atomic E-state index is 12.6. The van der Waals surface area contributed by atoms with Crippen LogP contribution in [0, 0.1) is 23.7 Å². The molecule has 0 bridgehead atoms. The minimum atomic E-state index is -0.552. The van der Waals surface area contributed by atoms with E-state index in [1.165, 1.54) is 5.56 Å². The van der Waals surface area contributed by atoms with Crippen molar-refractivity contribution in [3.05, 3.63) is 23.8 Å². The zero-order valence-corrected chi connectivity index (χ0v) is 22.0. The van der Waals surface area contributed by atoms with Gasteiger partial charge in [0.15, 0.2) is 11.5 Å². The Bertz CT molecular complexity index is 788. The number of hydrogen-bond donors (Lipinski definition) is 0. The molecular formula is C27H43NO6. The first kappa shape index (κ1) is 28.0. The number of carbonyl (C=O) groups is 2. The lowest BCUT2D eigenvalue weighted by Gasteiger charge is -2.26. The van der Waals surface area contributed by atoms with Gasteiger partial charge in [0.25, 0.3) is 0 Å². The summed E-state index contributed by atoms with van der Waals surface area (Å²) in [5.41, 5.74) is 0.621. The molecule has 192 valence electrons. The molecule has 0 aliphatic carbocycles. The molecule has 2 rings (SSSR count). The Hall–Kier alpha value is -2.28. The molecule has 1 fully saturated rings. The van der Waals surface area contributed by atoms with E-state index in [1.54, 1.807) is 19.1 Å². The highest BCUT2D eigenvalue weighted by Gasteiger charge is 2.38. The maximum Gasteiger partial charge on any atom is 0.410 e. The highest BCUT2D eigenvalue weighted by atomic mass is 16.6. The standard InChI is InChI=1S/C27H43NO6/c1-19(2)21(13-20-9-10-24(32-7)25(14-20)33-12-8-11-31-6)15-22-16-28(17-23(22)18-29)26(30)34-27(3,4)5/h9-10,14,18-19,21-23H,8,11-13,15-17H2,1-7H3/t21-,22+,23-/m0/s1. The molecule has 0 spiro atoms. The number of ether oxygens (including phenoxy) is 4. The third-order valence-electron chi connectivity index (χ3n) is 6.34. The molecule has 0 N–H and O–H groups in total. The lowest BCUT2D eigenvalue weighted by molar-refractivity contribution is -0.111. The molecule has 34 heavy (non-hydrogen) atoms. The molecule has 0 aromatic heterocycles. The van der Waals surface area contributed by atoms with Gasteiger partial charge < -0.3 is 28.6 Å². The topological polar surface area (TPSA) is 74.3 Å². The Morgan fingerprint density at radius 3 is 2.47 bits per heavy atom. The van der Waals surface area contributed by atoms with Crippen LogP contribution in [-0.2, 0) is 20.7 Å². The Balaban J connectivity index is 2.08. The molecule has 1 aliphatic rings. The number of methoxy groups -OCH3 is 2. The summed E-state index contributed by atoms with van der Waals surface area (Å²) in [4.78, 5) is 26.1. The van der Waals surface area contributed by atoms with Crippen molar-refractivity contribution >= 4 is 12.4 Å². The highest BCUT2D eigenvalue weighted by Crippen LogP contribution is 2.35. The second kappa shape index (κ2) is 13.0. The fourth-order valence-corrected chi connectivity index (χ4v) is 4.40. The Labute approximate surface area is 205 Å². The van der Waals surface area contributed by atoms with Gasteiger partial charge in [0.1, 0.15) is 11.9 Å². The smallest absolute Gasteiger partial charge is 0.410 e. The predicted octanol–water partition coefficient (Wildman–Crippen LogP) is 5.00. The Morgan fingerprint density at radius 1 is 1.15 bits per heavy atom. The first-order valence-corrected chi connectivity index (χ1v) is 12.3. The number of aldehydes is 1. The molecule has 1 aliphatic heterocycles. The van der Waals surface area contributed by atoms with Gasteiger partial charge in [-0.2, -0.15) is 0 Å². The number of rotatable bonds is 12. The van der Waals surface area contributed by atoms with Crippen LogP contribution < -0.4 is 9.47 Å². The minimum absolute atomic E-state index is 0.125. The largest absolute Gasteiger partial charge is 0.493 e. The Kier molecular flexibility index (Phi) is 10.7. The van der Waals surface area contributed by atoms with Crippen LogP contribution in [0.2, 0.25) is 0 Å². The minimum Gasteiger partial charge on any atom is -0.493 e. The van der Waals surface area contributed by atoms with Crippen molar-refractivity contribution in [2.45, 2.75) is 59.5 Å². The molecule has 7 nitrogen and oxygen atoms in total. The highest BCUT2D eigenvalue weighted by molar-refractivity contribution is 5.70. The van der Waals surface area contributed by atoms with E-state index in [1.807, 2.05) is 26.8 Å². The molecule has 0 unspecified atom stereocenters. The van der Waals surface area contributed by atoms with Crippen LogP contribution in [0.1, 0.15) is 53.0 Å². The van der Waals surface area contributed by atoms with Crippen LogP contribution in [0.5, 0.6) is 11.5 Å². The fourth-order valence-electron chi connectivity index (χ4n) is 4.40. The predicted molar refractivity (Wildman–Crippen MR) is 132 cm³/mol. The second-order valence-corrected chi connectivity index (χ2v) is 10.6. The number of amides is 1. The monoisotopic (exact) mass is 477 g/mol. The van der Waals surface area contributed by atoms with E-state index in [2.05, 4.69) is 26.0 Å². The van der Waals surface area contributed by atoms with Gasteiger partial charge in [-0.3, -0.25) is 0 Å². The third-order valence-corrected chi connectivity index (χ3v) is 6.34. The number of hydrogen-bond acceptors (Lipinski definition) is 6. The van der Waals surface area contributed by atoms with Gasteiger partial charge in [-0.25, -0.2) is 4.79 Å². The van der Waals surface area contributed by atoms with E-state index in [0.29, 0.717) is 43.9 Å².